The number of hydrogen-bond acceptors (Lipinski definition) is 2. The van der Waals surface area contributed by atoms with Crippen molar-refractivity contribution in [3.8, 4) is 0 Å². The van der Waals surface area contributed by atoms with Crippen molar-refractivity contribution < 1.29 is 0 Å². The number of anilines is 1. The molecule has 0 fully saturated rings. The largest absolute Gasteiger partial charge is 0.398 e. The van der Waals surface area contributed by atoms with Crippen LogP contribution in [0.3, 0.4) is 0 Å². The van der Waals surface area contributed by atoms with E-state index in [1.807, 2.05) is 12.1 Å². The maximum atomic E-state index is 6.03. The van der Waals surface area contributed by atoms with Gasteiger partial charge in [0.25, 0.3) is 0 Å². The lowest BCUT2D eigenvalue weighted by atomic mass is 10.2. The second kappa shape index (κ2) is 4.84. The van der Waals surface area contributed by atoms with Gasteiger partial charge in [0.1, 0.15) is 0 Å². The third-order valence-corrected chi connectivity index (χ3v) is 4.22. The fourth-order valence-electron chi connectivity index (χ4n) is 1.84. The van der Waals surface area contributed by atoms with Crippen LogP contribution in [0.1, 0.15) is 16.7 Å². The summed E-state index contributed by atoms with van der Waals surface area (Å²) in [5, 5.41) is 0. The van der Waals surface area contributed by atoms with Gasteiger partial charge in [-0.3, -0.25) is 0 Å². The predicted molar refractivity (Wildman–Crippen MR) is 75.6 cm³/mol. The Morgan fingerprint density at radius 2 is 1.71 bits per heavy atom. The molecule has 0 bridgehead atoms. The van der Waals surface area contributed by atoms with Crippen molar-refractivity contribution in [2.75, 3.05) is 5.73 Å². The molecule has 0 unspecified atom stereocenters. The monoisotopic (exact) mass is 243 g/mol. The summed E-state index contributed by atoms with van der Waals surface area (Å²) in [6.45, 7) is 6.36. The fourth-order valence-corrected chi connectivity index (χ4v) is 2.83. The van der Waals surface area contributed by atoms with Crippen molar-refractivity contribution in [2.24, 2.45) is 0 Å². The normalized spacial score (nSPS) is 10.5. The van der Waals surface area contributed by atoms with Gasteiger partial charge < -0.3 is 5.73 Å². The van der Waals surface area contributed by atoms with Crippen LogP contribution in [0.15, 0.2) is 46.2 Å². The van der Waals surface area contributed by atoms with E-state index in [2.05, 4.69) is 45.0 Å². The molecule has 0 saturated heterocycles. The van der Waals surface area contributed by atoms with Gasteiger partial charge in [-0.15, -0.1) is 0 Å². The molecule has 0 radical (unpaired) electrons. The van der Waals surface area contributed by atoms with Crippen molar-refractivity contribution in [1.29, 1.82) is 0 Å². The van der Waals surface area contributed by atoms with Gasteiger partial charge >= 0.3 is 0 Å². The lowest BCUT2D eigenvalue weighted by Gasteiger charge is -2.11. The van der Waals surface area contributed by atoms with Crippen molar-refractivity contribution in [2.45, 2.75) is 30.6 Å². The topological polar surface area (TPSA) is 26.0 Å². The highest BCUT2D eigenvalue weighted by atomic mass is 32.2. The predicted octanol–water partition coefficient (Wildman–Crippen LogP) is 4.35. The summed E-state index contributed by atoms with van der Waals surface area (Å²) in [4.78, 5) is 2.44. The molecule has 17 heavy (non-hydrogen) atoms. The van der Waals surface area contributed by atoms with Crippen molar-refractivity contribution >= 4 is 17.4 Å². The van der Waals surface area contributed by atoms with Gasteiger partial charge in [0.15, 0.2) is 0 Å². The first-order chi connectivity index (χ1) is 8.08. The first-order valence-electron chi connectivity index (χ1n) is 5.68. The average molecular weight is 243 g/mol. The number of hydrogen-bond donors (Lipinski definition) is 1. The summed E-state index contributed by atoms with van der Waals surface area (Å²) in [5.41, 5.74) is 10.7. The molecule has 0 amide bonds. The van der Waals surface area contributed by atoms with Crippen LogP contribution in [0.2, 0.25) is 0 Å². The van der Waals surface area contributed by atoms with Crippen molar-refractivity contribution in [3.63, 3.8) is 0 Å². The number of rotatable bonds is 2. The second-order valence-electron chi connectivity index (χ2n) is 4.36. The molecule has 0 spiro atoms. The van der Waals surface area contributed by atoms with Gasteiger partial charge in [0.05, 0.1) is 0 Å². The van der Waals surface area contributed by atoms with Crippen LogP contribution in [0, 0.1) is 20.8 Å². The zero-order chi connectivity index (χ0) is 12.4. The molecule has 2 aromatic carbocycles. The van der Waals surface area contributed by atoms with Crippen LogP contribution < -0.4 is 5.73 Å². The quantitative estimate of drug-likeness (QED) is 0.794. The minimum atomic E-state index is 0.856. The Morgan fingerprint density at radius 1 is 0.941 bits per heavy atom. The molecule has 0 saturated carbocycles. The first kappa shape index (κ1) is 12.1. The summed E-state index contributed by atoms with van der Waals surface area (Å²) in [5.74, 6) is 0. The number of nitrogen functional groups attached to an aromatic ring is 1. The van der Waals surface area contributed by atoms with Gasteiger partial charge in [-0.1, -0.05) is 41.6 Å². The third kappa shape index (κ3) is 2.64. The highest BCUT2D eigenvalue weighted by Crippen LogP contribution is 2.36. The van der Waals surface area contributed by atoms with Gasteiger partial charge in [0, 0.05) is 15.5 Å². The first-order valence-corrected chi connectivity index (χ1v) is 6.50. The molecular formula is C15H17NS. The van der Waals surface area contributed by atoms with Crippen LogP contribution in [0.5, 0.6) is 0 Å². The molecule has 0 aliphatic rings. The van der Waals surface area contributed by atoms with Gasteiger partial charge in [-0.25, -0.2) is 0 Å². The zero-order valence-electron chi connectivity index (χ0n) is 10.4. The van der Waals surface area contributed by atoms with Crippen LogP contribution in [-0.2, 0) is 0 Å². The van der Waals surface area contributed by atoms with Crippen molar-refractivity contribution in [1.82, 2.24) is 0 Å². The molecular weight excluding hydrogens is 226 g/mol. The highest BCUT2D eigenvalue weighted by molar-refractivity contribution is 7.99. The van der Waals surface area contributed by atoms with E-state index in [9.17, 15) is 0 Å². The Labute approximate surface area is 107 Å². The number of benzene rings is 2. The van der Waals surface area contributed by atoms with E-state index < -0.39 is 0 Å². The molecule has 2 aromatic rings. The lowest BCUT2D eigenvalue weighted by Crippen LogP contribution is -1.91. The SMILES string of the molecule is Cc1ccc(Sc2c(C)cccc2N)c(C)c1. The maximum absolute atomic E-state index is 6.03. The number of nitrogens with two attached hydrogens (primary N) is 1. The Kier molecular flexibility index (Phi) is 3.43. The van der Waals surface area contributed by atoms with E-state index in [1.54, 1.807) is 11.8 Å². The summed E-state index contributed by atoms with van der Waals surface area (Å²) in [7, 11) is 0. The molecule has 0 atom stereocenters. The second-order valence-corrected chi connectivity index (χ2v) is 5.42. The third-order valence-electron chi connectivity index (χ3n) is 2.78. The molecule has 0 heterocycles. The van der Waals surface area contributed by atoms with Gasteiger partial charge in [-0.05, 0) is 44.0 Å². The van der Waals surface area contributed by atoms with Crippen LogP contribution in [0.25, 0.3) is 0 Å². The van der Waals surface area contributed by atoms with E-state index in [1.165, 1.54) is 26.5 Å². The average Bonchev–Trinajstić information content (AvgIpc) is 2.26. The highest BCUT2D eigenvalue weighted by Gasteiger charge is 2.07. The molecule has 88 valence electrons. The summed E-state index contributed by atoms with van der Waals surface area (Å²) < 4.78 is 0. The Balaban J connectivity index is 2.38. The van der Waals surface area contributed by atoms with Crippen LogP contribution >= 0.6 is 11.8 Å². The standard InChI is InChI=1S/C15H17NS/c1-10-7-8-14(12(3)9-10)17-15-11(2)5-4-6-13(15)16/h4-9H,16H2,1-3H3. The molecule has 0 aliphatic heterocycles. The van der Waals surface area contributed by atoms with E-state index in [0.717, 1.165) is 5.69 Å². The molecule has 2 N–H and O–H groups in total. The maximum Gasteiger partial charge on any atom is 0.0458 e. The Hall–Kier alpha value is -1.41. The lowest BCUT2D eigenvalue weighted by molar-refractivity contribution is 1.24. The minimum absolute atomic E-state index is 0.856. The van der Waals surface area contributed by atoms with E-state index in [4.69, 9.17) is 5.73 Å². The summed E-state index contributed by atoms with van der Waals surface area (Å²) in [6, 6.07) is 12.6. The number of aryl methyl sites for hydroxylation is 3. The van der Waals surface area contributed by atoms with E-state index >= 15 is 0 Å². The van der Waals surface area contributed by atoms with Crippen LogP contribution in [0.4, 0.5) is 5.69 Å². The molecule has 2 heteroatoms. The molecule has 0 aromatic heterocycles. The molecule has 1 nitrogen and oxygen atoms in total. The molecule has 0 aliphatic carbocycles. The van der Waals surface area contributed by atoms with Gasteiger partial charge in [0.2, 0.25) is 0 Å². The smallest absolute Gasteiger partial charge is 0.0458 e. The van der Waals surface area contributed by atoms with Crippen molar-refractivity contribution in [3.05, 3.63) is 53.1 Å². The Morgan fingerprint density at radius 3 is 2.35 bits per heavy atom. The Bertz CT molecular complexity index is 526. The fraction of sp³-hybridized carbons (Fsp3) is 0.200. The van der Waals surface area contributed by atoms with Gasteiger partial charge in [-0.2, -0.15) is 0 Å². The van der Waals surface area contributed by atoms with E-state index in [0.29, 0.717) is 0 Å². The zero-order valence-corrected chi connectivity index (χ0v) is 11.3. The van der Waals surface area contributed by atoms with E-state index in [-0.39, 0.29) is 0 Å². The summed E-state index contributed by atoms with van der Waals surface area (Å²) >= 11 is 1.75. The molecule has 2 rings (SSSR count). The summed E-state index contributed by atoms with van der Waals surface area (Å²) in [6.07, 6.45) is 0. The minimum Gasteiger partial charge on any atom is -0.398 e. The van der Waals surface area contributed by atoms with Crippen LogP contribution in [-0.4, -0.2) is 0 Å².